The molecule has 2 fully saturated rings. The van der Waals surface area contributed by atoms with Gasteiger partial charge >= 0.3 is 0 Å². The lowest BCUT2D eigenvalue weighted by Gasteiger charge is -2.48. The Labute approximate surface area is 122 Å². The molecule has 108 valence electrons. The first-order valence-corrected chi connectivity index (χ1v) is 8.07. The molecular weight excluding hydrogens is 246 g/mol. The van der Waals surface area contributed by atoms with Crippen LogP contribution in [0.4, 0.5) is 0 Å². The molecular formula is C18H25NO. The lowest BCUT2D eigenvalue weighted by atomic mass is 9.82. The number of nitrogens with zero attached hydrogens (tertiary/aromatic N) is 1. The number of carbonyl (C=O) groups excluding carboxylic acids is 1. The quantitative estimate of drug-likeness (QED) is 0.834. The van der Waals surface area contributed by atoms with Crippen molar-refractivity contribution in [1.29, 1.82) is 0 Å². The smallest absolute Gasteiger partial charge is 0.136 e. The zero-order valence-corrected chi connectivity index (χ0v) is 12.4. The highest BCUT2D eigenvalue weighted by Crippen LogP contribution is 2.34. The summed E-state index contributed by atoms with van der Waals surface area (Å²) < 4.78 is 0. The molecule has 0 saturated carbocycles. The molecule has 2 heteroatoms. The lowest BCUT2D eigenvalue weighted by Crippen LogP contribution is -2.55. The highest BCUT2D eigenvalue weighted by Gasteiger charge is 2.39. The first kappa shape index (κ1) is 13.8. The zero-order valence-electron chi connectivity index (χ0n) is 12.4. The molecule has 1 aromatic rings. The number of rotatable bonds is 4. The van der Waals surface area contributed by atoms with Gasteiger partial charge in [0, 0.05) is 31.0 Å². The highest BCUT2D eigenvalue weighted by atomic mass is 16.1. The molecule has 3 atom stereocenters. The molecule has 2 saturated heterocycles. The van der Waals surface area contributed by atoms with Crippen molar-refractivity contribution in [2.45, 2.75) is 70.0 Å². The van der Waals surface area contributed by atoms with Gasteiger partial charge in [0.15, 0.2) is 0 Å². The SMILES string of the molecule is CC(CCc1ccccc1)N1C2CCCC1CC(=O)C2. The average Bonchev–Trinajstić information content (AvgIpc) is 2.45. The van der Waals surface area contributed by atoms with Crippen LogP contribution in [0.2, 0.25) is 0 Å². The predicted octanol–water partition coefficient (Wildman–Crippen LogP) is 3.59. The van der Waals surface area contributed by atoms with Crippen molar-refractivity contribution in [2.75, 3.05) is 0 Å². The van der Waals surface area contributed by atoms with Gasteiger partial charge in [0.25, 0.3) is 0 Å². The molecule has 2 aliphatic heterocycles. The fraction of sp³-hybridized carbons (Fsp3) is 0.611. The Morgan fingerprint density at radius 3 is 2.45 bits per heavy atom. The molecule has 2 bridgehead atoms. The monoisotopic (exact) mass is 271 g/mol. The number of benzene rings is 1. The third-order valence-electron chi connectivity index (χ3n) is 5.05. The minimum Gasteiger partial charge on any atom is -0.300 e. The molecule has 0 amide bonds. The molecule has 2 heterocycles. The van der Waals surface area contributed by atoms with E-state index in [1.54, 1.807) is 0 Å². The van der Waals surface area contributed by atoms with Crippen LogP contribution in [-0.4, -0.2) is 28.8 Å². The molecule has 2 aliphatic rings. The maximum Gasteiger partial charge on any atom is 0.136 e. The molecule has 3 rings (SSSR count). The number of aryl methyl sites for hydroxylation is 1. The van der Waals surface area contributed by atoms with E-state index in [9.17, 15) is 4.79 Å². The minimum absolute atomic E-state index is 0.492. The number of fused-ring (bicyclic) bond motifs is 2. The fourth-order valence-corrected chi connectivity index (χ4v) is 4.10. The summed E-state index contributed by atoms with van der Waals surface area (Å²) in [5.41, 5.74) is 1.43. The van der Waals surface area contributed by atoms with Crippen molar-refractivity contribution in [1.82, 2.24) is 4.90 Å². The van der Waals surface area contributed by atoms with Crippen LogP contribution in [0.3, 0.4) is 0 Å². The van der Waals surface area contributed by atoms with Crippen LogP contribution in [0.5, 0.6) is 0 Å². The van der Waals surface area contributed by atoms with E-state index in [-0.39, 0.29) is 0 Å². The summed E-state index contributed by atoms with van der Waals surface area (Å²) in [6.07, 6.45) is 7.69. The Balaban J connectivity index is 1.61. The Morgan fingerprint density at radius 1 is 1.15 bits per heavy atom. The van der Waals surface area contributed by atoms with Gasteiger partial charge in [0.2, 0.25) is 0 Å². The second-order valence-electron chi connectivity index (χ2n) is 6.51. The molecule has 20 heavy (non-hydrogen) atoms. The van der Waals surface area contributed by atoms with Crippen molar-refractivity contribution in [2.24, 2.45) is 0 Å². The summed E-state index contributed by atoms with van der Waals surface area (Å²) in [7, 11) is 0. The summed E-state index contributed by atoms with van der Waals surface area (Å²) in [5, 5.41) is 0. The normalized spacial score (nSPS) is 28.4. The van der Waals surface area contributed by atoms with E-state index in [2.05, 4.69) is 42.2 Å². The zero-order chi connectivity index (χ0) is 13.9. The van der Waals surface area contributed by atoms with Crippen LogP contribution in [0.15, 0.2) is 30.3 Å². The minimum atomic E-state index is 0.492. The van der Waals surface area contributed by atoms with E-state index in [1.807, 2.05) is 0 Å². The molecule has 0 radical (unpaired) electrons. The maximum atomic E-state index is 11.8. The second kappa shape index (κ2) is 6.09. The van der Waals surface area contributed by atoms with Crippen molar-refractivity contribution in [3.8, 4) is 0 Å². The summed E-state index contributed by atoms with van der Waals surface area (Å²) in [6.45, 7) is 2.35. The number of hydrogen-bond acceptors (Lipinski definition) is 2. The average molecular weight is 271 g/mol. The Hall–Kier alpha value is -1.15. The highest BCUT2D eigenvalue weighted by molar-refractivity contribution is 5.80. The molecule has 0 aliphatic carbocycles. The van der Waals surface area contributed by atoms with Crippen LogP contribution in [0.25, 0.3) is 0 Å². The van der Waals surface area contributed by atoms with Crippen LogP contribution in [0, 0.1) is 0 Å². The van der Waals surface area contributed by atoms with Gasteiger partial charge in [-0.3, -0.25) is 9.69 Å². The van der Waals surface area contributed by atoms with Gasteiger partial charge in [-0.1, -0.05) is 36.8 Å². The van der Waals surface area contributed by atoms with Crippen molar-refractivity contribution >= 4 is 5.78 Å². The second-order valence-corrected chi connectivity index (χ2v) is 6.51. The molecule has 0 aromatic heterocycles. The van der Waals surface area contributed by atoms with E-state index in [4.69, 9.17) is 0 Å². The third kappa shape index (κ3) is 2.95. The van der Waals surface area contributed by atoms with Crippen LogP contribution in [0.1, 0.15) is 51.0 Å². The van der Waals surface area contributed by atoms with E-state index < -0.39 is 0 Å². The molecule has 0 N–H and O–H groups in total. The Morgan fingerprint density at radius 2 is 1.80 bits per heavy atom. The third-order valence-corrected chi connectivity index (χ3v) is 5.05. The number of ketones is 1. The molecule has 0 spiro atoms. The van der Waals surface area contributed by atoms with Crippen molar-refractivity contribution in [3.63, 3.8) is 0 Å². The number of piperidine rings is 2. The summed E-state index contributed by atoms with van der Waals surface area (Å²) >= 11 is 0. The van der Waals surface area contributed by atoms with Crippen molar-refractivity contribution < 1.29 is 4.79 Å². The first-order chi connectivity index (χ1) is 9.74. The number of hydrogen-bond donors (Lipinski definition) is 0. The molecule has 2 nitrogen and oxygen atoms in total. The Kier molecular flexibility index (Phi) is 4.21. The van der Waals surface area contributed by atoms with Gasteiger partial charge in [-0.25, -0.2) is 0 Å². The van der Waals surface area contributed by atoms with Crippen LogP contribution < -0.4 is 0 Å². The van der Waals surface area contributed by atoms with Crippen LogP contribution >= 0.6 is 0 Å². The lowest BCUT2D eigenvalue weighted by molar-refractivity contribution is -0.128. The summed E-state index contributed by atoms with van der Waals surface area (Å²) in [5.74, 6) is 0.492. The van der Waals surface area contributed by atoms with Gasteiger partial charge in [0.05, 0.1) is 0 Å². The fourth-order valence-electron chi connectivity index (χ4n) is 4.10. The summed E-state index contributed by atoms with van der Waals surface area (Å²) in [6, 6.07) is 12.4. The van der Waals surface area contributed by atoms with E-state index >= 15 is 0 Å². The standard InChI is InChI=1S/C18H25NO/c1-14(10-11-15-6-3-2-4-7-15)19-16-8-5-9-17(19)13-18(20)12-16/h2-4,6-7,14,16-17H,5,8-13H2,1H3. The first-order valence-electron chi connectivity index (χ1n) is 8.07. The van der Waals surface area contributed by atoms with E-state index in [1.165, 1.54) is 31.2 Å². The summed E-state index contributed by atoms with van der Waals surface area (Å²) in [4.78, 5) is 14.5. The van der Waals surface area contributed by atoms with Crippen molar-refractivity contribution in [3.05, 3.63) is 35.9 Å². The van der Waals surface area contributed by atoms with E-state index in [0.29, 0.717) is 23.9 Å². The topological polar surface area (TPSA) is 20.3 Å². The van der Waals surface area contributed by atoms with E-state index in [0.717, 1.165) is 19.3 Å². The maximum absolute atomic E-state index is 11.8. The van der Waals surface area contributed by atoms with Crippen LogP contribution in [-0.2, 0) is 11.2 Å². The number of Topliss-reactive ketones (excluding diaryl/α,β-unsaturated/α-hetero) is 1. The van der Waals surface area contributed by atoms with Gasteiger partial charge in [-0.05, 0) is 38.2 Å². The van der Waals surface area contributed by atoms with Gasteiger partial charge < -0.3 is 0 Å². The predicted molar refractivity (Wildman–Crippen MR) is 81.7 cm³/mol. The molecule has 1 aromatic carbocycles. The van der Waals surface area contributed by atoms with Gasteiger partial charge in [-0.15, -0.1) is 0 Å². The molecule has 3 unspecified atom stereocenters. The largest absolute Gasteiger partial charge is 0.300 e. The number of carbonyl (C=O) groups is 1. The van der Waals surface area contributed by atoms with Gasteiger partial charge in [0.1, 0.15) is 5.78 Å². The Bertz CT molecular complexity index is 440. The van der Waals surface area contributed by atoms with Gasteiger partial charge in [-0.2, -0.15) is 0 Å².